The standard InChI is InChI=1S/C9H18N2O5S/c1-4-11(17(14,15)10(2)3)8-6-16-5-7(8)9(12)13/h7-8H,4-6H2,1-3H3,(H,12,13). The predicted octanol–water partition coefficient (Wildman–Crippen LogP) is -0.786. The molecule has 0 bridgehead atoms. The Kier molecular flexibility index (Phi) is 4.48. The minimum absolute atomic E-state index is 0.0550. The molecule has 0 spiro atoms. The van der Waals surface area contributed by atoms with Crippen LogP contribution in [0.25, 0.3) is 0 Å². The molecule has 0 aromatic carbocycles. The van der Waals surface area contributed by atoms with Gasteiger partial charge < -0.3 is 9.84 Å². The van der Waals surface area contributed by atoms with Gasteiger partial charge in [0.1, 0.15) is 0 Å². The molecule has 0 amide bonds. The zero-order valence-electron chi connectivity index (χ0n) is 10.2. The molecule has 1 rings (SSSR count). The molecule has 2 atom stereocenters. The number of carbonyl (C=O) groups is 1. The number of hydrogen-bond donors (Lipinski definition) is 1. The second-order valence-electron chi connectivity index (χ2n) is 4.04. The van der Waals surface area contributed by atoms with Crippen molar-refractivity contribution in [3.8, 4) is 0 Å². The Bertz CT molecular complexity index is 381. The number of ether oxygens (including phenoxy) is 1. The highest BCUT2D eigenvalue weighted by atomic mass is 32.2. The van der Waals surface area contributed by atoms with E-state index in [0.717, 1.165) is 4.31 Å². The maximum Gasteiger partial charge on any atom is 0.310 e. The fourth-order valence-electron chi connectivity index (χ4n) is 1.84. The summed E-state index contributed by atoms with van der Waals surface area (Å²) in [5.41, 5.74) is 0. The lowest BCUT2D eigenvalue weighted by Gasteiger charge is -2.30. The molecule has 1 aliphatic rings. The van der Waals surface area contributed by atoms with E-state index in [0.29, 0.717) is 0 Å². The maximum absolute atomic E-state index is 12.0. The Hall–Kier alpha value is -0.700. The molecule has 1 N–H and O–H groups in total. The van der Waals surface area contributed by atoms with Gasteiger partial charge in [0.2, 0.25) is 0 Å². The summed E-state index contributed by atoms with van der Waals surface area (Å²) in [4.78, 5) is 11.0. The minimum Gasteiger partial charge on any atom is -0.481 e. The number of nitrogens with zero attached hydrogens (tertiary/aromatic N) is 2. The Labute approximate surface area is 101 Å². The number of aliphatic carboxylic acids is 1. The van der Waals surface area contributed by atoms with Crippen LogP contribution in [0.3, 0.4) is 0 Å². The number of carboxylic acid groups (broad SMARTS) is 1. The topological polar surface area (TPSA) is 87.1 Å². The van der Waals surface area contributed by atoms with Gasteiger partial charge in [-0.2, -0.15) is 17.0 Å². The van der Waals surface area contributed by atoms with Gasteiger partial charge in [0, 0.05) is 20.6 Å². The molecular weight excluding hydrogens is 248 g/mol. The van der Waals surface area contributed by atoms with Crippen molar-refractivity contribution in [3.05, 3.63) is 0 Å². The maximum atomic E-state index is 12.0. The van der Waals surface area contributed by atoms with Gasteiger partial charge in [0.15, 0.2) is 0 Å². The van der Waals surface area contributed by atoms with Crippen LogP contribution in [0.4, 0.5) is 0 Å². The van der Waals surface area contributed by atoms with Crippen LogP contribution in [0.15, 0.2) is 0 Å². The summed E-state index contributed by atoms with van der Waals surface area (Å²) in [5, 5.41) is 9.02. The van der Waals surface area contributed by atoms with Crippen LogP contribution in [-0.2, 0) is 19.7 Å². The molecule has 0 aliphatic carbocycles. The van der Waals surface area contributed by atoms with E-state index < -0.39 is 28.1 Å². The zero-order valence-corrected chi connectivity index (χ0v) is 11.0. The van der Waals surface area contributed by atoms with E-state index in [9.17, 15) is 13.2 Å². The summed E-state index contributed by atoms with van der Waals surface area (Å²) < 4.78 is 31.4. The van der Waals surface area contributed by atoms with Crippen molar-refractivity contribution >= 4 is 16.2 Å². The minimum atomic E-state index is -3.62. The van der Waals surface area contributed by atoms with Crippen molar-refractivity contribution < 1.29 is 23.1 Å². The highest BCUT2D eigenvalue weighted by Crippen LogP contribution is 2.23. The van der Waals surface area contributed by atoms with E-state index in [1.54, 1.807) is 6.92 Å². The van der Waals surface area contributed by atoms with Gasteiger partial charge >= 0.3 is 5.97 Å². The SMILES string of the molecule is CCN(C1COCC1C(=O)O)S(=O)(=O)N(C)C. The Balaban J connectivity index is 2.99. The summed E-state index contributed by atoms with van der Waals surface area (Å²) in [5.74, 6) is -1.83. The van der Waals surface area contributed by atoms with E-state index in [-0.39, 0.29) is 19.8 Å². The van der Waals surface area contributed by atoms with Gasteiger partial charge in [-0.15, -0.1) is 0 Å². The molecule has 1 saturated heterocycles. The summed E-state index contributed by atoms with van der Waals surface area (Å²) in [6.45, 7) is 2.08. The van der Waals surface area contributed by atoms with E-state index in [2.05, 4.69) is 0 Å². The summed E-state index contributed by atoms with van der Waals surface area (Å²) in [7, 11) is -0.775. The molecule has 1 aliphatic heterocycles. The molecule has 0 aromatic rings. The van der Waals surface area contributed by atoms with Crippen molar-refractivity contribution in [3.63, 3.8) is 0 Å². The average Bonchev–Trinajstić information content (AvgIpc) is 2.67. The first-order valence-corrected chi connectivity index (χ1v) is 6.71. The number of hydrogen-bond acceptors (Lipinski definition) is 4. The van der Waals surface area contributed by atoms with Gasteiger partial charge in [-0.3, -0.25) is 4.79 Å². The van der Waals surface area contributed by atoms with Crippen molar-refractivity contribution in [2.75, 3.05) is 33.9 Å². The van der Waals surface area contributed by atoms with Crippen molar-refractivity contribution in [2.45, 2.75) is 13.0 Å². The van der Waals surface area contributed by atoms with Crippen molar-refractivity contribution in [1.29, 1.82) is 0 Å². The van der Waals surface area contributed by atoms with E-state index in [4.69, 9.17) is 9.84 Å². The van der Waals surface area contributed by atoms with E-state index in [1.807, 2.05) is 0 Å². The molecule has 1 fully saturated rings. The van der Waals surface area contributed by atoms with Crippen LogP contribution >= 0.6 is 0 Å². The van der Waals surface area contributed by atoms with Crippen molar-refractivity contribution in [1.82, 2.24) is 8.61 Å². The normalized spacial score (nSPS) is 25.7. The van der Waals surface area contributed by atoms with Crippen LogP contribution in [0.5, 0.6) is 0 Å². The van der Waals surface area contributed by atoms with Gasteiger partial charge in [0.25, 0.3) is 10.2 Å². The lowest BCUT2D eigenvalue weighted by Crippen LogP contribution is -2.50. The second-order valence-corrected chi connectivity index (χ2v) is 6.14. The van der Waals surface area contributed by atoms with Crippen LogP contribution in [0, 0.1) is 5.92 Å². The third-order valence-electron chi connectivity index (χ3n) is 2.81. The molecule has 100 valence electrons. The number of rotatable bonds is 5. The third kappa shape index (κ3) is 2.76. The molecule has 0 saturated carbocycles. The van der Waals surface area contributed by atoms with Crippen LogP contribution in [-0.4, -0.2) is 68.0 Å². The quantitative estimate of drug-likeness (QED) is 0.705. The monoisotopic (exact) mass is 266 g/mol. The average molecular weight is 266 g/mol. The van der Waals surface area contributed by atoms with Crippen LogP contribution < -0.4 is 0 Å². The van der Waals surface area contributed by atoms with Gasteiger partial charge in [-0.1, -0.05) is 6.92 Å². The Morgan fingerprint density at radius 1 is 1.41 bits per heavy atom. The largest absolute Gasteiger partial charge is 0.481 e. The predicted molar refractivity (Wildman–Crippen MR) is 60.7 cm³/mol. The zero-order chi connectivity index (χ0) is 13.2. The van der Waals surface area contributed by atoms with Crippen molar-refractivity contribution in [2.24, 2.45) is 5.92 Å². The molecule has 0 aromatic heterocycles. The van der Waals surface area contributed by atoms with E-state index in [1.165, 1.54) is 18.4 Å². The van der Waals surface area contributed by atoms with Crippen LogP contribution in [0.1, 0.15) is 6.92 Å². The Morgan fingerprint density at radius 3 is 2.41 bits per heavy atom. The highest BCUT2D eigenvalue weighted by molar-refractivity contribution is 7.86. The molecule has 0 radical (unpaired) electrons. The van der Waals surface area contributed by atoms with E-state index >= 15 is 0 Å². The van der Waals surface area contributed by atoms with Gasteiger partial charge in [0.05, 0.1) is 25.2 Å². The second kappa shape index (κ2) is 5.30. The summed E-state index contributed by atoms with van der Waals surface area (Å²) in [6, 6.07) is -0.634. The first-order valence-electron chi connectivity index (χ1n) is 5.32. The fraction of sp³-hybridized carbons (Fsp3) is 0.889. The molecular formula is C9H18N2O5S. The Morgan fingerprint density at radius 2 is 2.00 bits per heavy atom. The molecule has 1 heterocycles. The molecule has 8 heteroatoms. The first-order chi connectivity index (χ1) is 7.82. The summed E-state index contributed by atoms with van der Waals surface area (Å²) in [6.07, 6.45) is 0. The smallest absolute Gasteiger partial charge is 0.310 e. The first kappa shape index (κ1) is 14.4. The fourth-order valence-corrected chi connectivity index (χ4v) is 3.14. The van der Waals surface area contributed by atoms with Gasteiger partial charge in [-0.25, -0.2) is 0 Å². The lowest BCUT2D eigenvalue weighted by molar-refractivity contribution is -0.142. The van der Waals surface area contributed by atoms with Gasteiger partial charge in [-0.05, 0) is 0 Å². The lowest BCUT2D eigenvalue weighted by atomic mass is 10.0. The third-order valence-corrected chi connectivity index (χ3v) is 4.85. The molecule has 7 nitrogen and oxygen atoms in total. The molecule has 17 heavy (non-hydrogen) atoms. The van der Waals surface area contributed by atoms with Crippen LogP contribution in [0.2, 0.25) is 0 Å². The highest BCUT2D eigenvalue weighted by Gasteiger charge is 2.42. The summed E-state index contributed by atoms with van der Waals surface area (Å²) >= 11 is 0. The molecule has 2 unspecified atom stereocenters. The number of carboxylic acids is 1. The number of likely N-dealkylation sites (N-methyl/N-ethyl adjacent to an activating group) is 1.